The molecule has 0 unspecified atom stereocenters. The van der Waals surface area contributed by atoms with Gasteiger partial charge in [-0.25, -0.2) is 0 Å². The summed E-state index contributed by atoms with van der Waals surface area (Å²) in [5.41, 5.74) is 2.40. The van der Waals surface area contributed by atoms with E-state index in [2.05, 4.69) is 10.6 Å². The fourth-order valence-electron chi connectivity index (χ4n) is 3.36. The van der Waals surface area contributed by atoms with E-state index in [-0.39, 0.29) is 18.4 Å². The highest BCUT2D eigenvalue weighted by atomic mass is 16.5. The third-order valence-corrected chi connectivity index (χ3v) is 5.04. The second kappa shape index (κ2) is 10.1. The Labute approximate surface area is 191 Å². The zero-order valence-corrected chi connectivity index (χ0v) is 17.7. The molecule has 4 aromatic carbocycles. The molecule has 0 aliphatic rings. The van der Waals surface area contributed by atoms with Gasteiger partial charge in [-0.1, -0.05) is 54.6 Å². The molecule has 2 amide bonds. The number of carbonyl (C=O) groups is 2. The van der Waals surface area contributed by atoms with E-state index in [1.807, 2.05) is 60.7 Å². The quantitative estimate of drug-likeness (QED) is 0.442. The van der Waals surface area contributed by atoms with Gasteiger partial charge in [-0.3, -0.25) is 9.59 Å². The van der Waals surface area contributed by atoms with E-state index in [4.69, 9.17) is 10.00 Å². The van der Waals surface area contributed by atoms with Crippen LogP contribution >= 0.6 is 0 Å². The molecule has 6 heteroatoms. The molecule has 0 saturated heterocycles. The normalized spacial score (nSPS) is 10.3. The number of carbonyl (C=O) groups excluding carboxylic acids is 2. The van der Waals surface area contributed by atoms with E-state index in [0.717, 1.165) is 16.3 Å². The van der Waals surface area contributed by atoms with Crippen LogP contribution in [0.25, 0.3) is 10.8 Å². The van der Waals surface area contributed by atoms with Crippen LogP contribution < -0.4 is 15.4 Å². The molecule has 0 spiro atoms. The standard InChI is InChI=1S/C27H21N3O3/c28-16-19-10-12-23(13-11-19)30-26(31)18-33-25-15-22-9-5-4-8-21(22)14-24(25)27(32)29-17-20-6-2-1-3-7-20/h1-15H,17-18H2,(H,29,32)(H,30,31). The monoisotopic (exact) mass is 435 g/mol. The minimum atomic E-state index is -0.372. The molecule has 33 heavy (non-hydrogen) atoms. The molecule has 0 aromatic heterocycles. The van der Waals surface area contributed by atoms with Crippen molar-refractivity contribution in [2.45, 2.75) is 6.54 Å². The molecule has 4 aromatic rings. The smallest absolute Gasteiger partial charge is 0.262 e. The van der Waals surface area contributed by atoms with Gasteiger partial charge < -0.3 is 15.4 Å². The van der Waals surface area contributed by atoms with Crippen LogP contribution in [0.5, 0.6) is 5.75 Å². The Morgan fingerprint density at radius 2 is 1.52 bits per heavy atom. The van der Waals surface area contributed by atoms with Crippen molar-refractivity contribution < 1.29 is 14.3 Å². The number of nitrogens with one attached hydrogen (secondary N) is 2. The summed E-state index contributed by atoms with van der Waals surface area (Å²) in [4.78, 5) is 25.4. The number of hydrogen-bond donors (Lipinski definition) is 2. The summed E-state index contributed by atoms with van der Waals surface area (Å²) < 4.78 is 5.77. The van der Waals surface area contributed by atoms with Crippen molar-refractivity contribution in [1.29, 1.82) is 5.26 Å². The number of ether oxygens (including phenoxy) is 1. The summed E-state index contributed by atoms with van der Waals surface area (Å²) in [6.45, 7) is 0.114. The number of nitriles is 1. The molecule has 0 saturated carbocycles. The predicted octanol–water partition coefficient (Wildman–Crippen LogP) is 4.66. The van der Waals surface area contributed by atoms with Gasteiger partial charge in [0.25, 0.3) is 11.8 Å². The summed E-state index contributed by atoms with van der Waals surface area (Å²) in [5.74, 6) is -0.329. The number of fused-ring (bicyclic) bond motifs is 1. The maximum Gasteiger partial charge on any atom is 0.262 e. The molecule has 0 heterocycles. The lowest BCUT2D eigenvalue weighted by molar-refractivity contribution is -0.118. The second-order valence-electron chi connectivity index (χ2n) is 7.39. The van der Waals surface area contributed by atoms with E-state index in [0.29, 0.717) is 29.1 Å². The SMILES string of the molecule is N#Cc1ccc(NC(=O)COc2cc3ccccc3cc2C(=O)NCc2ccccc2)cc1. The maximum absolute atomic E-state index is 13.0. The van der Waals surface area contributed by atoms with Gasteiger partial charge in [0.2, 0.25) is 0 Å². The van der Waals surface area contributed by atoms with E-state index in [1.54, 1.807) is 36.4 Å². The Morgan fingerprint density at radius 1 is 0.848 bits per heavy atom. The zero-order chi connectivity index (χ0) is 23.0. The van der Waals surface area contributed by atoms with E-state index >= 15 is 0 Å². The van der Waals surface area contributed by atoms with Gasteiger partial charge in [0, 0.05) is 12.2 Å². The number of nitrogens with zero attached hydrogens (tertiary/aromatic N) is 1. The predicted molar refractivity (Wildman–Crippen MR) is 127 cm³/mol. The lowest BCUT2D eigenvalue weighted by Crippen LogP contribution is -2.25. The van der Waals surface area contributed by atoms with Gasteiger partial charge in [-0.15, -0.1) is 0 Å². The minimum Gasteiger partial charge on any atom is -0.483 e. The topological polar surface area (TPSA) is 91.2 Å². The largest absolute Gasteiger partial charge is 0.483 e. The third kappa shape index (κ3) is 5.54. The van der Waals surface area contributed by atoms with Crippen LogP contribution in [0, 0.1) is 11.3 Å². The Hall–Kier alpha value is -4.63. The lowest BCUT2D eigenvalue weighted by Gasteiger charge is -2.14. The fraction of sp³-hybridized carbons (Fsp3) is 0.0741. The molecular weight excluding hydrogens is 414 g/mol. The molecule has 0 atom stereocenters. The van der Waals surface area contributed by atoms with Gasteiger partial charge in [-0.05, 0) is 52.7 Å². The molecule has 2 N–H and O–H groups in total. The molecule has 4 rings (SSSR count). The van der Waals surface area contributed by atoms with Crippen LogP contribution in [0.3, 0.4) is 0 Å². The Kier molecular flexibility index (Phi) is 6.62. The highest BCUT2D eigenvalue weighted by molar-refractivity contribution is 6.02. The van der Waals surface area contributed by atoms with E-state index < -0.39 is 0 Å². The van der Waals surface area contributed by atoms with Crippen LogP contribution in [0.1, 0.15) is 21.5 Å². The Balaban J connectivity index is 1.49. The number of hydrogen-bond acceptors (Lipinski definition) is 4. The number of rotatable bonds is 7. The van der Waals surface area contributed by atoms with Crippen molar-refractivity contribution in [3.05, 3.63) is 108 Å². The van der Waals surface area contributed by atoms with Crippen LogP contribution in [0.4, 0.5) is 5.69 Å². The van der Waals surface area contributed by atoms with Gasteiger partial charge in [-0.2, -0.15) is 5.26 Å². The first-order valence-corrected chi connectivity index (χ1v) is 10.4. The lowest BCUT2D eigenvalue weighted by atomic mass is 10.1. The van der Waals surface area contributed by atoms with Crippen molar-refractivity contribution in [2.75, 3.05) is 11.9 Å². The van der Waals surface area contributed by atoms with Crippen LogP contribution in [0.15, 0.2) is 91.0 Å². The van der Waals surface area contributed by atoms with Crippen molar-refractivity contribution in [2.24, 2.45) is 0 Å². The summed E-state index contributed by atoms with van der Waals surface area (Å²) in [6.07, 6.45) is 0. The first-order valence-electron chi connectivity index (χ1n) is 10.4. The highest BCUT2D eigenvalue weighted by Gasteiger charge is 2.15. The molecular formula is C27H21N3O3. The molecule has 6 nitrogen and oxygen atoms in total. The van der Waals surface area contributed by atoms with Crippen LogP contribution in [-0.4, -0.2) is 18.4 Å². The molecule has 0 radical (unpaired) electrons. The Bertz CT molecular complexity index is 1330. The summed E-state index contributed by atoms with van der Waals surface area (Å²) in [6, 6.07) is 29.4. The van der Waals surface area contributed by atoms with Crippen molar-refractivity contribution in [1.82, 2.24) is 5.32 Å². The molecule has 162 valence electrons. The summed E-state index contributed by atoms with van der Waals surface area (Å²) in [7, 11) is 0. The molecule has 0 aliphatic heterocycles. The first kappa shape index (κ1) is 21.6. The zero-order valence-electron chi connectivity index (χ0n) is 17.7. The average Bonchev–Trinajstić information content (AvgIpc) is 2.86. The number of anilines is 1. The maximum atomic E-state index is 13.0. The summed E-state index contributed by atoms with van der Waals surface area (Å²) in [5, 5.41) is 16.3. The van der Waals surface area contributed by atoms with E-state index in [1.165, 1.54) is 0 Å². The molecule has 0 aliphatic carbocycles. The molecule has 0 bridgehead atoms. The Morgan fingerprint density at radius 3 is 2.21 bits per heavy atom. The van der Waals surface area contributed by atoms with Gasteiger partial charge in [0.1, 0.15) is 5.75 Å². The van der Waals surface area contributed by atoms with Gasteiger partial charge >= 0.3 is 0 Å². The minimum absolute atomic E-state index is 0.267. The first-order chi connectivity index (χ1) is 16.1. The van der Waals surface area contributed by atoms with Crippen molar-refractivity contribution >= 4 is 28.3 Å². The number of amides is 2. The average molecular weight is 435 g/mol. The van der Waals surface area contributed by atoms with Crippen molar-refractivity contribution in [3.8, 4) is 11.8 Å². The fourth-order valence-corrected chi connectivity index (χ4v) is 3.36. The second-order valence-corrected chi connectivity index (χ2v) is 7.39. The summed E-state index contributed by atoms with van der Waals surface area (Å²) >= 11 is 0. The van der Waals surface area contributed by atoms with Crippen LogP contribution in [-0.2, 0) is 11.3 Å². The third-order valence-electron chi connectivity index (χ3n) is 5.04. The number of benzene rings is 4. The van der Waals surface area contributed by atoms with Crippen LogP contribution in [0.2, 0.25) is 0 Å². The molecule has 0 fully saturated rings. The van der Waals surface area contributed by atoms with Crippen molar-refractivity contribution in [3.63, 3.8) is 0 Å². The van der Waals surface area contributed by atoms with Gasteiger partial charge in [0.05, 0.1) is 17.2 Å². The van der Waals surface area contributed by atoms with Gasteiger partial charge in [0.15, 0.2) is 6.61 Å². The highest BCUT2D eigenvalue weighted by Crippen LogP contribution is 2.26. The van der Waals surface area contributed by atoms with E-state index in [9.17, 15) is 9.59 Å².